The summed E-state index contributed by atoms with van der Waals surface area (Å²) in [7, 11) is -0.824. The summed E-state index contributed by atoms with van der Waals surface area (Å²) >= 11 is 0. The van der Waals surface area contributed by atoms with Gasteiger partial charge in [0.15, 0.2) is 0 Å². The van der Waals surface area contributed by atoms with Crippen LogP contribution in [0.2, 0.25) is 0 Å². The molecular formula is C20H34N4O3S. The average molecular weight is 411 g/mol. The van der Waals surface area contributed by atoms with Crippen molar-refractivity contribution in [3.8, 4) is 0 Å². The second kappa shape index (κ2) is 10.2. The predicted molar refractivity (Wildman–Crippen MR) is 114 cm³/mol. The highest BCUT2D eigenvalue weighted by Gasteiger charge is 2.28. The summed E-state index contributed by atoms with van der Waals surface area (Å²) in [6, 6.07) is 5.61. The molecule has 8 heteroatoms. The van der Waals surface area contributed by atoms with Crippen molar-refractivity contribution in [1.29, 1.82) is 0 Å². The average Bonchev–Trinajstić information content (AvgIpc) is 2.66. The second-order valence-electron chi connectivity index (χ2n) is 7.69. The molecule has 1 saturated heterocycles. The minimum atomic E-state index is -3.78. The molecule has 7 nitrogen and oxygen atoms in total. The molecule has 1 aliphatic rings. The monoisotopic (exact) mass is 410 g/mol. The minimum absolute atomic E-state index is 0.228. The van der Waals surface area contributed by atoms with Crippen molar-refractivity contribution < 1.29 is 13.2 Å². The molecule has 0 spiro atoms. The van der Waals surface area contributed by atoms with Gasteiger partial charge in [0.25, 0.3) is 0 Å². The largest absolute Gasteiger partial charge is 0.354 e. The van der Waals surface area contributed by atoms with E-state index < -0.39 is 10.2 Å². The van der Waals surface area contributed by atoms with Gasteiger partial charge in [0.05, 0.1) is 5.69 Å². The van der Waals surface area contributed by atoms with E-state index in [4.69, 9.17) is 0 Å². The van der Waals surface area contributed by atoms with E-state index >= 15 is 0 Å². The molecule has 1 amide bonds. The van der Waals surface area contributed by atoms with Gasteiger partial charge in [0.2, 0.25) is 5.91 Å². The number of nitrogens with one attached hydrogen (secondary N) is 1. The number of hydrogen-bond donors (Lipinski definition) is 1. The number of anilines is 1. The highest BCUT2D eigenvalue weighted by molar-refractivity contribution is 7.90. The Morgan fingerprint density at radius 1 is 1.14 bits per heavy atom. The first kappa shape index (κ1) is 22.6. The zero-order chi connectivity index (χ0) is 20.7. The highest BCUT2D eigenvalue weighted by Crippen LogP contribution is 2.25. The molecule has 1 aliphatic heterocycles. The van der Waals surface area contributed by atoms with E-state index in [2.05, 4.69) is 10.2 Å². The topological polar surface area (TPSA) is 73.0 Å². The van der Waals surface area contributed by atoms with Gasteiger partial charge in [-0.3, -0.25) is 4.79 Å². The predicted octanol–water partition coefficient (Wildman–Crippen LogP) is 1.91. The first-order chi connectivity index (χ1) is 13.2. The smallest absolute Gasteiger partial charge is 0.304 e. The molecule has 2 rings (SSSR count). The van der Waals surface area contributed by atoms with Crippen molar-refractivity contribution in [3.05, 3.63) is 29.3 Å². The number of hydrogen-bond acceptors (Lipinski definition) is 4. The number of aryl methyl sites for hydroxylation is 2. The zero-order valence-corrected chi connectivity index (χ0v) is 18.4. The van der Waals surface area contributed by atoms with Crippen LogP contribution in [0.1, 0.15) is 36.8 Å². The normalized spacial score (nSPS) is 15.6. The van der Waals surface area contributed by atoms with Crippen LogP contribution in [0.4, 0.5) is 5.69 Å². The van der Waals surface area contributed by atoms with E-state index in [1.807, 2.05) is 26.0 Å². The number of piperidine rings is 1. The van der Waals surface area contributed by atoms with E-state index in [0.717, 1.165) is 41.5 Å². The molecule has 1 aromatic carbocycles. The lowest BCUT2D eigenvalue weighted by atomic mass is 10.1. The van der Waals surface area contributed by atoms with Crippen molar-refractivity contribution in [1.82, 2.24) is 14.5 Å². The Balaban J connectivity index is 1.99. The molecule has 0 atom stereocenters. The molecule has 0 aliphatic carbocycles. The van der Waals surface area contributed by atoms with Gasteiger partial charge >= 0.3 is 10.2 Å². The number of carbonyl (C=O) groups excluding carboxylic acids is 1. The van der Waals surface area contributed by atoms with Crippen LogP contribution >= 0.6 is 0 Å². The molecule has 0 radical (unpaired) electrons. The highest BCUT2D eigenvalue weighted by atomic mass is 32.2. The van der Waals surface area contributed by atoms with Crippen molar-refractivity contribution in [2.75, 3.05) is 51.1 Å². The van der Waals surface area contributed by atoms with Gasteiger partial charge in [-0.15, -0.1) is 0 Å². The lowest BCUT2D eigenvalue weighted by molar-refractivity contribution is -0.119. The molecule has 0 saturated carbocycles. The first-order valence-corrected chi connectivity index (χ1v) is 11.4. The molecule has 1 aromatic rings. The summed E-state index contributed by atoms with van der Waals surface area (Å²) in [4.78, 5) is 14.9. The standard InChI is InChI=1S/C20H34N4O3S/c1-17-9-10-18(2)19(15-17)24(28(26,27)22(3)4)16-20(25)21-11-8-14-23-12-6-5-7-13-23/h9-10,15H,5-8,11-14,16H2,1-4H3,(H,21,25). The molecule has 158 valence electrons. The van der Waals surface area contributed by atoms with Crippen molar-refractivity contribution >= 4 is 21.8 Å². The Hall–Kier alpha value is -1.64. The number of amides is 1. The van der Waals surface area contributed by atoms with Crippen LogP contribution < -0.4 is 9.62 Å². The second-order valence-corrected chi connectivity index (χ2v) is 9.76. The van der Waals surface area contributed by atoms with E-state index in [0.29, 0.717) is 12.2 Å². The van der Waals surface area contributed by atoms with Crippen molar-refractivity contribution in [2.24, 2.45) is 0 Å². The van der Waals surface area contributed by atoms with Crippen LogP contribution in [-0.2, 0) is 15.0 Å². The van der Waals surface area contributed by atoms with Gasteiger partial charge < -0.3 is 10.2 Å². The fourth-order valence-electron chi connectivity index (χ4n) is 3.38. The van der Waals surface area contributed by atoms with Crippen LogP contribution in [0.5, 0.6) is 0 Å². The number of rotatable bonds is 9. The van der Waals surface area contributed by atoms with E-state index in [-0.39, 0.29) is 12.5 Å². The van der Waals surface area contributed by atoms with E-state index in [9.17, 15) is 13.2 Å². The number of likely N-dealkylation sites (tertiary alicyclic amines) is 1. The van der Waals surface area contributed by atoms with E-state index in [1.165, 1.54) is 37.7 Å². The molecule has 0 bridgehead atoms. The molecule has 0 aromatic heterocycles. The van der Waals surface area contributed by atoms with Crippen LogP contribution in [-0.4, -0.2) is 70.3 Å². The lowest BCUT2D eigenvalue weighted by Crippen LogP contribution is -2.46. The third-order valence-corrected chi connectivity index (χ3v) is 6.89. The Morgan fingerprint density at radius 3 is 2.46 bits per heavy atom. The minimum Gasteiger partial charge on any atom is -0.354 e. The SMILES string of the molecule is Cc1ccc(C)c(N(CC(=O)NCCCN2CCCCC2)S(=O)(=O)N(C)C)c1. The van der Waals surface area contributed by atoms with Gasteiger partial charge in [-0.25, -0.2) is 4.31 Å². The molecular weight excluding hydrogens is 376 g/mol. The molecule has 28 heavy (non-hydrogen) atoms. The van der Waals surface area contributed by atoms with Gasteiger partial charge in [0, 0.05) is 20.6 Å². The number of benzene rings is 1. The Labute approximate surface area is 169 Å². The number of carbonyl (C=O) groups is 1. The maximum Gasteiger partial charge on any atom is 0.304 e. The summed E-state index contributed by atoms with van der Waals surface area (Å²) in [6.45, 7) is 7.32. The van der Waals surface area contributed by atoms with E-state index in [1.54, 1.807) is 6.07 Å². The third kappa shape index (κ3) is 6.18. The van der Waals surface area contributed by atoms with Gasteiger partial charge in [0.1, 0.15) is 6.54 Å². The van der Waals surface area contributed by atoms with Gasteiger partial charge in [-0.05, 0) is 69.9 Å². The maximum atomic E-state index is 12.8. The fraction of sp³-hybridized carbons (Fsp3) is 0.650. The maximum absolute atomic E-state index is 12.8. The van der Waals surface area contributed by atoms with Crippen LogP contribution in [0.15, 0.2) is 18.2 Å². The summed E-state index contributed by atoms with van der Waals surface area (Å²) in [6.07, 6.45) is 4.68. The first-order valence-electron chi connectivity index (χ1n) is 9.98. The molecule has 1 N–H and O–H groups in total. The van der Waals surface area contributed by atoms with Crippen molar-refractivity contribution in [2.45, 2.75) is 39.5 Å². The molecule has 1 fully saturated rings. The zero-order valence-electron chi connectivity index (χ0n) is 17.6. The quantitative estimate of drug-likeness (QED) is 0.631. The van der Waals surface area contributed by atoms with Gasteiger partial charge in [-0.1, -0.05) is 18.6 Å². The molecule has 0 unspecified atom stereocenters. The Morgan fingerprint density at radius 2 is 1.82 bits per heavy atom. The Bertz CT molecular complexity index is 759. The van der Waals surface area contributed by atoms with Crippen LogP contribution in [0.3, 0.4) is 0 Å². The summed E-state index contributed by atoms with van der Waals surface area (Å²) in [5, 5.41) is 2.88. The third-order valence-electron chi connectivity index (χ3n) is 5.08. The van der Waals surface area contributed by atoms with Gasteiger partial charge in [-0.2, -0.15) is 12.7 Å². The summed E-state index contributed by atoms with van der Waals surface area (Å²) in [5.74, 6) is -0.287. The lowest BCUT2D eigenvalue weighted by Gasteiger charge is -2.28. The fourth-order valence-corrected chi connectivity index (χ4v) is 4.50. The summed E-state index contributed by atoms with van der Waals surface area (Å²) < 4.78 is 28.0. The number of nitrogens with zero attached hydrogens (tertiary/aromatic N) is 3. The Kier molecular flexibility index (Phi) is 8.27. The van der Waals surface area contributed by atoms with Crippen LogP contribution in [0.25, 0.3) is 0 Å². The van der Waals surface area contributed by atoms with Crippen LogP contribution in [0, 0.1) is 13.8 Å². The summed E-state index contributed by atoms with van der Waals surface area (Å²) in [5.41, 5.74) is 2.30. The van der Waals surface area contributed by atoms with Crippen molar-refractivity contribution in [3.63, 3.8) is 0 Å². The molecule has 1 heterocycles.